The van der Waals surface area contributed by atoms with E-state index in [1.165, 1.54) is 31.2 Å². The number of unbranched alkanes of at least 4 members (excludes halogenated alkanes) is 4. The first-order valence-corrected chi connectivity index (χ1v) is 9.70. The van der Waals surface area contributed by atoms with E-state index in [9.17, 15) is 0 Å². The first kappa shape index (κ1) is 21.1. The minimum Gasteiger partial charge on any atom is -0.327 e. The Balaban J connectivity index is 2.97. The summed E-state index contributed by atoms with van der Waals surface area (Å²) in [6, 6.07) is 10.5. The Hall–Kier alpha value is -0.900. The predicted octanol–water partition coefficient (Wildman–Crippen LogP) is 5.89. The molecule has 0 amide bonds. The van der Waals surface area contributed by atoms with Crippen LogP contribution in [0.15, 0.2) is 30.3 Å². The fraction of sp³-hybridized carbons (Fsp3) is 0.714. The highest BCUT2D eigenvalue weighted by Gasteiger charge is 2.42. The maximum Gasteiger partial charge on any atom is 0.290 e. The summed E-state index contributed by atoms with van der Waals surface area (Å²) in [5, 5.41) is 0. The van der Waals surface area contributed by atoms with Gasteiger partial charge in [-0.3, -0.25) is 0 Å². The van der Waals surface area contributed by atoms with Gasteiger partial charge in [-0.05, 0) is 32.8 Å². The quantitative estimate of drug-likeness (QED) is 0.313. The molecule has 1 unspecified atom stereocenters. The van der Waals surface area contributed by atoms with Gasteiger partial charge in [0.15, 0.2) is 0 Å². The third kappa shape index (κ3) is 6.54. The summed E-state index contributed by atoms with van der Waals surface area (Å²) in [5.41, 5.74) is 1.23. The van der Waals surface area contributed by atoms with E-state index in [4.69, 9.17) is 14.2 Å². The second-order valence-corrected chi connectivity index (χ2v) is 6.07. The molecule has 3 heteroatoms. The van der Waals surface area contributed by atoms with Crippen LogP contribution in [0.25, 0.3) is 0 Å². The van der Waals surface area contributed by atoms with Crippen LogP contribution in [0.4, 0.5) is 0 Å². The van der Waals surface area contributed by atoms with E-state index in [1.807, 2.05) is 26.8 Å². The molecule has 0 aromatic heterocycles. The van der Waals surface area contributed by atoms with Gasteiger partial charge in [0.1, 0.15) is 0 Å². The van der Waals surface area contributed by atoms with Crippen LogP contribution in [-0.2, 0) is 14.2 Å². The fourth-order valence-corrected chi connectivity index (χ4v) is 3.22. The Bertz CT molecular complexity index is 388. The Morgan fingerprint density at radius 3 is 1.79 bits per heavy atom. The number of hydrogen-bond donors (Lipinski definition) is 0. The summed E-state index contributed by atoms with van der Waals surface area (Å²) in [6.07, 6.45) is 7.29. The Morgan fingerprint density at radius 2 is 1.29 bits per heavy atom. The molecule has 3 nitrogen and oxygen atoms in total. The third-order valence-electron chi connectivity index (χ3n) is 4.26. The summed E-state index contributed by atoms with van der Waals surface area (Å²) in [7, 11) is 0. The molecule has 1 aromatic rings. The van der Waals surface area contributed by atoms with E-state index in [2.05, 4.69) is 31.2 Å². The molecule has 0 radical (unpaired) electrons. The average Bonchev–Trinajstić information content (AvgIpc) is 2.59. The SMILES string of the molecule is CCCCCCCC(c1ccccc1)C(OCC)(OCC)OCC. The summed E-state index contributed by atoms with van der Waals surface area (Å²) in [4.78, 5) is 0. The summed E-state index contributed by atoms with van der Waals surface area (Å²) in [5.74, 6) is -0.898. The molecule has 0 heterocycles. The van der Waals surface area contributed by atoms with Crippen molar-refractivity contribution in [2.45, 2.75) is 78.1 Å². The predicted molar refractivity (Wildman–Crippen MR) is 100 cm³/mol. The zero-order valence-corrected chi connectivity index (χ0v) is 16.1. The molecule has 0 saturated heterocycles. The molecule has 0 N–H and O–H groups in total. The van der Waals surface area contributed by atoms with E-state index >= 15 is 0 Å². The maximum absolute atomic E-state index is 6.06. The van der Waals surface area contributed by atoms with Gasteiger partial charge in [0, 0.05) is 19.8 Å². The standard InChI is InChI=1S/C21H36O3/c1-5-9-10-11-15-18-20(19-16-13-12-14-17-19)21(22-6-2,23-7-3)24-8-4/h12-14,16-17,20H,5-11,15,18H2,1-4H3. The summed E-state index contributed by atoms with van der Waals surface area (Å²) < 4.78 is 18.2. The Kier molecular flexibility index (Phi) is 11.0. The zero-order valence-electron chi connectivity index (χ0n) is 16.1. The molecular formula is C21H36O3. The highest BCUT2D eigenvalue weighted by molar-refractivity contribution is 5.21. The van der Waals surface area contributed by atoms with Crippen LogP contribution >= 0.6 is 0 Å². The van der Waals surface area contributed by atoms with Crippen molar-refractivity contribution in [3.05, 3.63) is 35.9 Å². The number of benzene rings is 1. The molecule has 0 aliphatic rings. The highest BCUT2D eigenvalue weighted by Crippen LogP contribution is 2.38. The lowest BCUT2D eigenvalue weighted by molar-refractivity contribution is -0.389. The van der Waals surface area contributed by atoms with Crippen LogP contribution in [0, 0.1) is 0 Å². The lowest BCUT2D eigenvalue weighted by Crippen LogP contribution is -2.45. The van der Waals surface area contributed by atoms with E-state index in [-0.39, 0.29) is 5.92 Å². The van der Waals surface area contributed by atoms with E-state index in [0.717, 1.165) is 12.8 Å². The summed E-state index contributed by atoms with van der Waals surface area (Å²) in [6.45, 7) is 9.94. The van der Waals surface area contributed by atoms with Crippen LogP contribution in [0.5, 0.6) is 0 Å². The minimum absolute atomic E-state index is 0.0835. The van der Waals surface area contributed by atoms with Crippen molar-refractivity contribution in [3.8, 4) is 0 Å². The lowest BCUT2D eigenvalue weighted by Gasteiger charge is -2.39. The molecule has 0 aliphatic carbocycles. The molecule has 138 valence electrons. The number of rotatable bonds is 14. The van der Waals surface area contributed by atoms with Gasteiger partial charge in [-0.25, -0.2) is 0 Å². The maximum atomic E-state index is 6.06. The van der Waals surface area contributed by atoms with Crippen LogP contribution in [0.1, 0.15) is 77.7 Å². The molecular weight excluding hydrogens is 300 g/mol. The van der Waals surface area contributed by atoms with Crippen molar-refractivity contribution in [2.24, 2.45) is 0 Å². The molecule has 1 aromatic carbocycles. The van der Waals surface area contributed by atoms with Gasteiger partial charge in [0.2, 0.25) is 0 Å². The zero-order chi connectivity index (χ0) is 17.7. The van der Waals surface area contributed by atoms with Crippen molar-refractivity contribution < 1.29 is 14.2 Å². The molecule has 0 fully saturated rings. The first-order valence-electron chi connectivity index (χ1n) is 9.70. The van der Waals surface area contributed by atoms with Gasteiger partial charge < -0.3 is 14.2 Å². The van der Waals surface area contributed by atoms with Crippen molar-refractivity contribution in [1.82, 2.24) is 0 Å². The van der Waals surface area contributed by atoms with Gasteiger partial charge in [-0.2, -0.15) is 0 Å². The molecule has 0 spiro atoms. The largest absolute Gasteiger partial charge is 0.327 e. The van der Waals surface area contributed by atoms with Gasteiger partial charge in [-0.1, -0.05) is 69.4 Å². The van der Waals surface area contributed by atoms with Crippen molar-refractivity contribution in [1.29, 1.82) is 0 Å². The average molecular weight is 337 g/mol. The molecule has 0 saturated carbocycles. The third-order valence-corrected chi connectivity index (χ3v) is 4.26. The van der Waals surface area contributed by atoms with Gasteiger partial charge in [0.05, 0.1) is 5.92 Å². The molecule has 0 bridgehead atoms. The molecule has 1 atom stereocenters. The van der Waals surface area contributed by atoms with Crippen molar-refractivity contribution in [2.75, 3.05) is 19.8 Å². The second kappa shape index (κ2) is 12.5. The number of ether oxygens (including phenoxy) is 3. The van der Waals surface area contributed by atoms with E-state index < -0.39 is 5.97 Å². The molecule has 24 heavy (non-hydrogen) atoms. The first-order chi connectivity index (χ1) is 11.7. The Labute approximate surface area is 148 Å². The lowest BCUT2D eigenvalue weighted by atomic mass is 9.90. The van der Waals surface area contributed by atoms with Crippen LogP contribution in [-0.4, -0.2) is 25.8 Å². The van der Waals surface area contributed by atoms with Crippen LogP contribution in [0.3, 0.4) is 0 Å². The molecule has 0 aliphatic heterocycles. The fourth-order valence-electron chi connectivity index (χ4n) is 3.22. The van der Waals surface area contributed by atoms with Crippen molar-refractivity contribution in [3.63, 3.8) is 0 Å². The van der Waals surface area contributed by atoms with Crippen LogP contribution in [0.2, 0.25) is 0 Å². The van der Waals surface area contributed by atoms with E-state index in [1.54, 1.807) is 0 Å². The monoisotopic (exact) mass is 336 g/mol. The topological polar surface area (TPSA) is 27.7 Å². The summed E-state index contributed by atoms with van der Waals surface area (Å²) >= 11 is 0. The van der Waals surface area contributed by atoms with Gasteiger partial charge in [0.25, 0.3) is 5.97 Å². The smallest absolute Gasteiger partial charge is 0.290 e. The Morgan fingerprint density at radius 1 is 0.750 bits per heavy atom. The van der Waals surface area contributed by atoms with Gasteiger partial charge in [-0.15, -0.1) is 0 Å². The van der Waals surface area contributed by atoms with Crippen molar-refractivity contribution >= 4 is 0 Å². The normalized spacial score (nSPS) is 13.2. The van der Waals surface area contributed by atoms with Crippen LogP contribution < -0.4 is 0 Å². The minimum atomic E-state index is -0.982. The van der Waals surface area contributed by atoms with Gasteiger partial charge >= 0.3 is 0 Å². The number of hydrogen-bond acceptors (Lipinski definition) is 3. The molecule has 1 rings (SSSR count). The van der Waals surface area contributed by atoms with E-state index in [0.29, 0.717) is 19.8 Å². The highest BCUT2D eigenvalue weighted by atomic mass is 16.9. The second-order valence-electron chi connectivity index (χ2n) is 6.07.